The lowest BCUT2D eigenvalue weighted by Crippen LogP contribution is -2.54. The number of aliphatic hydroxyl groups excluding tert-OH is 1. The summed E-state index contributed by atoms with van der Waals surface area (Å²) in [4.78, 5) is 34.4. The number of nitrogens with zero attached hydrogens (tertiary/aromatic N) is 3. The number of aliphatic hydroxyl groups is 1. The lowest BCUT2D eigenvalue weighted by atomic mass is 9.93. The SMILES string of the molecule is CC1CCN(C(=O)CO)CC1NC(=O)c1ccc2cncc(Br)c2n1. The van der Waals surface area contributed by atoms with Crippen LogP contribution in [-0.2, 0) is 4.79 Å². The second-order valence-electron chi connectivity index (χ2n) is 6.23. The van der Waals surface area contributed by atoms with Gasteiger partial charge in [0.15, 0.2) is 0 Å². The molecule has 2 aromatic rings. The van der Waals surface area contributed by atoms with E-state index in [0.29, 0.717) is 24.3 Å². The molecule has 0 radical (unpaired) electrons. The van der Waals surface area contributed by atoms with Gasteiger partial charge in [0.2, 0.25) is 5.91 Å². The zero-order valence-corrected chi connectivity index (χ0v) is 15.4. The number of hydrogen-bond acceptors (Lipinski definition) is 5. The second kappa shape index (κ2) is 7.45. The van der Waals surface area contributed by atoms with Crippen molar-refractivity contribution in [2.45, 2.75) is 19.4 Å². The summed E-state index contributed by atoms with van der Waals surface area (Å²) in [6.45, 7) is 2.53. The van der Waals surface area contributed by atoms with Crippen LogP contribution in [-0.4, -0.2) is 57.5 Å². The van der Waals surface area contributed by atoms with Gasteiger partial charge in [-0.15, -0.1) is 0 Å². The van der Waals surface area contributed by atoms with Crippen molar-refractivity contribution < 1.29 is 14.7 Å². The van der Waals surface area contributed by atoms with Crippen molar-refractivity contribution >= 4 is 38.6 Å². The summed E-state index contributed by atoms with van der Waals surface area (Å²) >= 11 is 3.40. The van der Waals surface area contributed by atoms with E-state index in [4.69, 9.17) is 5.11 Å². The van der Waals surface area contributed by atoms with Gasteiger partial charge in [-0.1, -0.05) is 6.92 Å². The van der Waals surface area contributed by atoms with Crippen LogP contribution in [0, 0.1) is 5.92 Å². The number of piperidine rings is 1. The first kappa shape index (κ1) is 17.8. The highest BCUT2D eigenvalue weighted by Gasteiger charge is 2.30. The van der Waals surface area contributed by atoms with E-state index in [0.717, 1.165) is 16.3 Å². The summed E-state index contributed by atoms with van der Waals surface area (Å²) in [6.07, 6.45) is 4.11. The fourth-order valence-corrected chi connectivity index (χ4v) is 3.40. The molecule has 1 fully saturated rings. The molecule has 2 N–H and O–H groups in total. The molecule has 8 heteroatoms. The average Bonchev–Trinajstić information content (AvgIpc) is 2.63. The van der Waals surface area contributed by atoms with Crippen LogP contribution in [0.4, 0.5) is 0 Å². The number of carbonyl (C=O) groups excluding carboxylic acids is 2. The summed E-state index contributed by atoms with van der Waals surface area (Å²) in [5, 5.41) is 12.8. The highest BCUT2D eigenvalue weighted by molar-refractivity contribution is 9.10. The fraction of sp³-hybridized carbons (Fsp3) is 0.412. The Labute approximate surface area is 153 Å². The van der Waals surface area contributed by atoms with Crippen LogP contribution in [0.25, 0.3) is 10.9 Å². The predicted molar refractivity (Wildman–Crippen MR) is 95.9 cm³/mol. The number of hydrogen-bond donors (Lipinski definition) is 2. The van der Waals surface area contributed by atoms with E-state index in [1.165, 1.54) is 0 Å². The smallest absolute Gasteiger partial charge is 0.270 e. The van der Waals surface area contributed by atoms with Crippen LogP contribution in [0.1, 0.15) is 23.8 Å². The average molecular weight is 407 g/mol. The van der Waals surface area contributed by atoms with Gasteiger partial charge in [-0.25, -0.2) is 4.98 Å². The zero-order chi connectivity index (χ0) is 18.0. The molecule has 25 heavy (non-hydrogen) atoms. The van der Waals surface area contributed by atoms with E-state index in [1.54, 1.807) is 29.4 Å². The lowest BCUT2D eigenvalue weighted by Gasteiger charge is -2.37. The second-order valence-corrected chi connectivity index (χ2v) is 7.09. The molecule has 1 saturated heterocycles. The van der Waals surface area contributed by atoms with Crippen molar-refractivity contribution in [1.29, 1.82) is 0 Å². The van der Waals surface area contributed by atoms with Gasteiger partial charge < -0.3 is 15.3 Å². The third-order valence-corrected chi connectivity index (χ3v) is 5.13. The Morgan fingerprint density at radius 1 is 1.40 bits per heavy atom. The summed E-state index contributed by atoms with van der Waals surface area (Å²) in [5.41, 5.74) is 0.994. The van der Waals surface area contributed by atoms with Gasteiger partial charge in [0.1, 0.15) is 12.3 Å². The standard InChI is InChI=1S/C17H19BrN4O3/c1-10-4-5-22(15(24)9-23)8-14(10)21-17(25)13-3-2-11-6-19-7-12(18)16(11)20-13/h2-3,6-7,10,14,23H,4-5,8-9H2,1H3,(H,21,25). The van der Waals surface area contributed by atoms with Gasteiger partial charge in [-0.05, 0) is 40.4 Å². The van der Waals surface area contributed by atoms with Crippen molar-refractivity contribution in [2.24, 2.45) is 5.92 Å². The van der Waals surface area contributed by atoms with E-state index < -0.39 is 6.61 Å². The van der Waals surface area contributed by atoms with Crippen LogP contribution in [0.15, 0.2) is 29.0 Å². The summed E-state index contributed by atoms with van der Waals surface area (Å²) in [7, 11) is 0. The summed E-state index contributed by atoms with van der Waals surface area (Å²) in [5.74, 6) is -0.352. The maximum absolute atomic E-state index is 12.6. The molecular weight excluding hydrogens is 388 g/mol. The van der Waals surface area contributed by atoms with Crippen molar-refractivity contribution in [3.8, 4) is 0 Å². The third kappa shape index (κ3) is 3.80. The number of amides is 2. The van der Waals surface area contributed by atoms with Crippen molar-refractivity contribution in [2.75, 3.05) is 19.7 Å². The van der Waals surface area contributed by atoms with E-state index in [9.17, 15) is 9.59 Å². The molecule has 2 amide bonds. The van der Waals surface area contributed by atoms with Crippen molar-refractivity contribution in [1.82, 2.24) is 20.2 Å². The zero-order valence-electron chi connectivity index (χ0n) is 13.8. The molecule has 3 heterocycles. The van der Waals surface area contributed by atoms with E-state index in [2.05, 4.69) is 31.2 Å². The molecule has 1 aliphatic rings. The summed E-state index contributed by atoms with van der Waals surface area (Å²) < 4.78 is 0.727. The number of likely N-dealkylation sites (tertiary alicyclic amines) is 1. The van der Waals surface area contributed by atoms with Gasteiger partial charge in [-0.3, -0.25) is 14.6 Å². The molecule has 1 aliphatic heterocycles. The lowest BCUT2D eigenvalue weighted by molar-refractivity contribution is -0.136. The Morgan fingerprint density at radius 3 is 2.96 bits per heavy atom. The monoisotopic (exact) mass is 406 g/mol. The van der Waals surface area contributed by atoms with Crippen LogP contribution in [0.2, 0.25) is 0 Å². The Hall–Kier alpha value is -2.06. The van der Waals surface area contributed by atoms with E-state index >= 15 is 0 Å². The third-order valence-electron chi connectivity index (χ3n) is 4.55. The highest BCUT2D eigenvalue weighted by Crippen LogP contribution is 2.21. The molecule has 0 bridgehead atoms. The number of aromatic nitrogens is 2. The molecule has 2 atom stereocenters. The minimum Gasteiger partial charge on any atom is -0.387 e. The first-order valence-electron chi connectivity index (χ1n) is 8.09. The van der Waals surface area contributed by atoms with Gasteiger partial charge >= 0.3 is 0 Å². The van der Waals surface area contributed by atoms with Gasteiger partial charge in [-0.2, -0.15) is 0 Å². The Morgan fingerprint density at radius 2 is 2.20 bits per heavy atom. The molecule has 2 aromatic heterocycles. The minimum atomic E-state index is -0.511. The van der Waals surface area contributed by atoms with Gasteiger partial charge in [0.25, 0.3) is 5.91 Å². The first-order valence-corrected chi connectivity index (χ1v) is 8.88. The maximum atomic E-state index is 12.6. The number of fused-ring (bicyclic) bond motifs is 1. The largest absolute Gasteiger partial charge is 0.387 e. The van der Waals surface area contributed by atoms with Crippen LogP contribution < -0.4 is 5.32 Å². The van der Waals surface area contributed by atoms with Crippen LogP contribution >= 0.6 is 15.9 Å². The van der Waals surface area contributed by atoms with Gasteiger partial charge in [0.05, 0.1) is 9.99 Å². The maximum Gasteiger partial charge on any atom is 0.270 e. The number of nitrogens with one attached hydrogen (secondary N) is 1. The fourth-order valence-electron chi connectivity index (χ4n) is 2.96. The number of carbonyl (C=O) groups is 2. The molecule has 0 saturated carbocycles. The van der Waals surface area contributed by atoms with E-state index in [1.807, 2.05) is 6.92 Å². The molecule has 2 unspecified atom stereocenters. The molecule has 0 spiro atoms. The molecule has 3 rings (SSSR count). The Balaban J connectivity index is 1.77. The number of rotatable bonds is 3. The Bertz CT molecular complexity index is 814. The number of pyridine rings is 2. The molecular formula is C17H19BrN4O3. The topological polar surface area (TPSA) is 95.4 Å². The molecule has 0 aliphatic carbocycles. The predicted octanol–water partition coefficient (Wildman–Crippen LogP) is 1.35. The summed E-state index contributed by atoms with van der Waals surface area (Å²) in [6, 6.07) is 3.30. The molecule has 0 aromatic carbocycles. The van der Waals surface area contributed by atoms with Crippen LogP contribution in [0.3, 0.4) is 0 Å². The minimum absolute atomic E-state index is 0.171. The van der Waals surface area contributed by atoms with Gasteiger partial charge in [0, 0.05) is 36.9 Å². The van der Waals surface area contributed by atoms with Crippen LogP contribution in [0.5, 0.6) is 0 Å². The normalized spacial score (nSPS) is 20.5. The van der Waals surface area contributed by atoms with Crippen molar-refractivity contribution in [3.63, 3.8) is 0 Å². The molecule has 132 valence electrons. The molecule has 7 nitrogen and oxygen atoms in total. The highest BCUT2D eigenvalue weighted by atomic mass is 79.9. The quantitative estimate of drug-likeness (QED) is 0.801. The van der Waals surface area contributed by atoms with E-state index in [-0.39, 0.29) is 23.8 Å². The van der Waals surface area contributed by atoms with Crippen molar-refractivity contribution in [3.05, 3.63) is 34.7 Å². The Kier molecular flexibility index (Phi) is 5.29. The number of halogens is 1. The first-order chi connectivity index (χ1) is 12.0.